The third-order valence-corrected chi connectivity index (χ3v) is 3.75. The SMILES string of the molecule is C[C@@H]1[C@H](C(=O)[O-])C[C@H](C(=O)[O-])C1(C)C. The lowest BCUT2D eigenvalue weighted by Gasteiger charge is -2.32. The van der Waals surface area contributed by atoms with Crippen LogP contribution in [0, 0.1) is 23.2 Å². The zero-order valence-electron chi connectivity index (χ0n) is 8.57. The molecule has 0 amide bonds. The summed E-state index contributed by atoms with van der Waals surface area (Å²) in [5, 5.41) is 21.5. The molecule has 0 heterocycles. The molecule has 1 saturated carbocycles. The third-order valence-electron chi connectivity index (χ3n) is 3.75. The Hall–Kier alpha value is -1.06. The molecule has 80 valence electrons. The molecule has 0 aliphatic heterocycles. The molecule has 0 N–H and O–H groups in total. The monoisotopic (exact) mass is 198 g/mol. The van der Waals surface area contributed by atoms with Gasteiger partial charge in [-0.05, 0) is 17.8 Å². The number of carboxylic acids is 2. The molecule has 0 saturated heterocycles. The van der Waals surface area contributed by atoms with E-state index in [1.165, 1.54) is 0 Å². The summed E-state index contributed by atoms with van der Waals surface area (Å²) in [4.78, 5) is 21.5. The van der Waals surface area contributed by atoms with E-state index in [-0.39, 0.29) is 12.3 Å². The van der Waals surface area contributed by atoms with Crippen LogP contribution in [0.15, 0.2) is 0 Å². The summed E-state index contributed by atoms with van der Waals surface area (Å²) < 4.78 is 0. The average Bonchev–Trinajstić information content (AvgIpc) is 2.24. The summed E-state index contributed by atoms with van der Waals surface area (Å²) in [5.41, 5.74) is -0.538. The molecule has 1 aliphatic rings. The van der Waals surface area contributed by atoms with Gasteiger partial charge in [0, 0.05) is 23.8 Å². The molecule has 4 heteroatoms. The van der Waals surface area contributed by atoms with Gasteiger partial charge in [0.25, 0.3) is 0 Å². The van der Waals surface area contributed by atoms with Gasteiger partial charge in [0.1, 0.15) is 0 Å². The van der Waals surface area contributed by atoms with Crippen molar-refractivity contribution in [3.63, 3.8) is 0 Å². The summed E-state index contributed by atoms with van der Waals surface area (Å²) >= 11 is 0. The first-order valence-electron chi connectivity index (χ1n) is 4.70. The van der Waals surface area contributed by atoms with E-state index in [1.54, 1.807) is 20.8 Å². The molecule has 0 bridgehead atoms. The molecular weight excluding hydrogens is 184 g/mol. The fraction of sp³-hybridized carbons (Fsp3) is 0.800. The molecule has 4 nitrogen and oxygen atoms in total. The molecular formula is C10H14O4-2. The second-order valence-corrected chi connectivity index (χ2v) is 4.64. The van der Waals surface area contributed by atoms with Gasteiger partial charge in [0.15, 0.2) is 0 Å². The van der Waals surface area contributed by atoms with E-state index < -0.39 is 29.2 Å². The second-order valence-electron chi connectivity index (χ2n) is 4.64. The van der Waals surface area contributed by atoms with Crippen LogP contribution in [-0.2, 0) is 9.59 Å². The highest BCUT2D eigenvalue weighted by atomic mass is 16.4. The van der Waals surface area contributed by atoms with Gasteiger partial charge in [-0.25, -0.2) is 0 Å². The van der Waals surface area contributed by atoms with Gasteiger partial charge < -0.3 is 19.8 Å². The van der Waals surface area contributed by atoms with E-state index >= 15 is 0 Å². The minimum Gasteiger partial charge on any atom is -0.550 e. The van der Waals surface area contributed by atoms with Gasteiger partial charge >= 0.3 is 0 Å². The Kier molecular flexibility index (Phi) is 2.56. The Labute approximate surface area is 82.9 Å². The van der Waals surface area contributed by atoms with Gasteiger partial charge in [0.2, 0.25) is 0 Å². The molecule has 3 atom stereocenters. The molecule has 0 radical (unpaired) electrons. The first-order valence-corrected chi connectivity index (χ1v) is 4.70. The van der Waals surface area contributed by atoms with Crippen molar-refractivity contribution in [3.05, 3.63) is 0 Å². The fourth-order valence-corrected chi connectivity index (χ4v) is 2.30. The molecule has 1 fully saturated rings. The predicted molar refractivity (Wildman–Crippen MR) is 44.6 cm³/mol. The Balaban J connectivity index is 2.96. The van der Waals surface area contributed by atoms with Crippen molar-refractivity contribution in [1.82, 2.24) is 0 Å². The van der Waals surface area contributed by atoms with E-state index in [0.29, 0.717) is 0 Å². The van der Waals surface area contributed by atoms with Crippen molar-refractivity contribution in [2.45, 2.75) is 27.2 Å². The standard InChI is InChI=1S/C10H16O4/c1-5-6(8(11)12)4-7(9(13)14)10(5,2)3/h5-7H,4H2,1-3H3,(H,11,12)(H,13,14)/p-2/t5-,6-,7-/m1/s1. The number of carbonyl (C=O) groups is 2. The Bertz CT molecular complexity index is 269. The molecule has 0 spiro atoms. The highest BCUT2D eigenvalue weighted by Gasteiger charge is 2.47. The first kappa shape index (κ1) is 11.0. The third kappa shape index (κ3) is 1.49. The minimum absolute atomic E-state index is 0.124. The van der Waals surface area contributed by atoms with E-state index in [0.717, 1.165) is 0 Å². The average molecular weight is 198 g/mol. The van der Waals surface area contributed by atoms with E-state index in [1.807, 2.05) is 0 Å². The van der Waals surface area contributed by atoms with Crippen LogP contribution in [0.25, 0.3) is 0 Å². The van der Waals surface area contributed by atoms with Gasteiger partial charge in [-0.1, -0.05) is 20.8 Å². The number of hydrogen-bond donors (Lipinski definition) is 0. The molecule has 1 rings (SSSR count). The smallest absolute Gasteiger partial charge is 0.0450 e. The lowest BCUT2D eigenvalue weighted by molar-refractivity contribution is -0.314. The molecule has 0 aromatic rings. The Morgan fingerprint density at radius 3 is 1.93 bits per heavy atom. The molecule has 0 unspecified atom stereocenters. The first-order chi connectivity index (χ1) is 6.28. The van der Waals surface area contributed by atoms with Gasteiger partial charge in [-0.2, -0.15) is 0 Å². The number of carboxylic acid groups (broad SMARTS) is 2. The number of aliphatic carboxylic acids is 2. The van der Waals surface area contributed by atoms with Crippen LogP contribution in [0.5, 0.6) is 0 Å². The fourth-order valence-electron chi connectivity index (χ4n) is 2.30. The van der Waals surface area contributed by atoms with Crippen LogP contribution in [0.2, 0.25) is 0 Å². The highest BCUT2D eigenvalue weighted by Crippen LogP contribution is 2.50. The van der Waals surface area contributed by atoms with Crippen molar-refractivity contribution in [3.8, 4) is 0 Å². The van der Waals surface area contributed by atoms with Gasteiger partial charge in [0.05, 0.1) is 0 Å². The van der Waals surface area contributed by atoms with Crippen molar-refractivity contribution >= 4 is 11.9 Å². The Morgan fingerprint density at radius 1 is 1.21 bits per heavy atom. The van der Waals surface area contributed by atoms with Crippen LogP contribution in [-0.4, -0.2) is 11.9 Å². The van der Waals surface area contributed by atoms with Crippen molar-refractivity contribution in [2.24, 2.45) is 23.2 Å². The van der Waals surface area contributed by atoms with E-state index in [9.17, 15) is 19.8 Å². The maximum absolute atomic E-state index is 10.8. The van der Waals surface area contributed by atoms with Crippen LogP contribution >= 0.6 is 0 Å². The zero-order chi connectivity index (χ0) is 11.1. The topological polar surface area (TPSA) is 80.3 Å². The van der Waals surface area contributed by atoms with Gasteiger partial charge in [-0.15, -0.1) is 0 Å². The summed E-state index contributed by atoms with van der Waals surface area (Å²) in [6.07, 6.45) is 0.124. The zero-order valence-corrected chi connectivity index (χ0v) is 8.57. The molecule has 1 aliphatic carbocycles. The highest BCUT2D eigenvalue weighted by molar-refractivity contribution is 5.74. The van der Waals surface area contributed by atoms with E-state index in [4.69, 9.17) is 0 Å². The summed E-state index contributed by atoms with van der Waals surface area (Å²) in [6, 6.07) is 0. The maximum Gasteiger partial charge on any atom is 0.0450 e. The molecule has 0 aromatic carbocycles. The van der Waals surface area contributed by atoms with Crippen LogP contribution < -0.4 is 10.2 Å². The van der Waals surface area contributed by atoms with E-state index in [2.05, 4.69) is 0 Å². The predicted octanol–water partition coefficient (Wildman–Crippen LogP) is -1.22. The largest absolute Gasteiger partial charge is 0.550 e. The quantitative estimate of drug-likeness (QED) is 0.557. The normalized spacial score (nSPS) is 35.5. The van der Waals surface area contributed by atoms with Crippen molar-refractivity contribution in [1.29, 1.82) is 0 Å². The van der Waals surface area contributed by atoms with Crippen molar-refractivity contribution in [2.75, 3.05) is 0 Å². The number of carbonyl (C=O) groups excluding carboxylic acids is 2. The lowest BCUT2D eigenvalue weighted by Crippen LogP contribution is -2.39. The minimum atomic E-state index is -1.16. The molecule has 14 heavy (non-hydrogen) atoms. The molecule has 0 aromatic heterocycles. The number of rotatable bonds is 2. The maximum atomic E-state index is 10.8. The van der Waals surface area contributed by atoms with Crippen molar-refractivity contribution < 1.29 is 19.8 Å². The summed E-state index contributed by atoms with van der Waals surface area (Å²) in [6.45, 7) is 5.28. The van der Waals surface area contributed by atoms with Crippen LogP contribution in [0.1, 0.15) is 27.2 Å². The second kappa shape index (κ2) is 3.26. The lowest BCUT2D eigenvalue weighted by atomic mass is 9.75. The van der Waals surface area contributed by atoms with Crippen LogP contribution in [0.4, 0.5) is 0 Å². The summed E-state index contributed by atoms with van der Waals surface area (Å²) in [7, 11) is 0. The number of hydrogen-bond acceptors (Lipinski definition) is 4. The van der Waals surface area contributed by atoms with Gasteiger partial charge in [-0.3, -0.25) is 0 Å². The Morgan fingerprint density at radius 2 is 1.71 bits per heavy atom. The van der Waals surface area contributed by atoms with Crippen LogP contribution in [0.3, 0.4) is 0 Å². The summed E-state index contributed by atoms with van der Waals surface area (Å²) in [5.74, 6) is -3.89.